The molecule has 2 aromatic rings. The summed E-state index contributed by atoms with van der Waals surface area (Å²) >= 11 is 0. The number of methoxy groups -OCH3 is 1. The summed E-state index contributed by atoms with van der Waals surface area (Å²) in [6, 6.07) is 7.54. The van der Waals surface area contributed by atoms with Crippen LogP contribution in [0.3, 0.4) is 0 Å². The van der Waals surface area contributed by atoms with Gasteiger partial charge in [0, 0.05) is 37.4 Å². The molecule has 1 aliphatic heterocycles. The Kier molecular flexibility index (Phi) is 12.4. The molecule has 51 heavy (non-hydrogen) atoms. The van der Waals surface area contributed by atoms with E-state index in [0.29, 0.717) is 86.6 Å². The Morgan fingerprint density at radius 2 is 1.90 bits per heavy atom. The zero-order chi connectivity index (χ0) is 36.0. The van der Waals surface area contributed by atoms with Crippen molar-refractivity contribution in [3.05, 3.63) is 47.2 Å². The minimum atomic E-state index is -0.857. The van der Waals surface area contributed by atoms with Crippen molar-refractivity contribution in [3.63, 3.8) is 0 Å². The first-order valence-corrected chi connectivity index (χ1v) is 19.4. The predicted octanol–water partition coefficient (Wildman–Crippen LogP) is 5.81. The van der Waals surface area contributed by atoms with Gasteiger partial charge in [0.1, 0.15) is 17.5 Å². The van der Waals surface area contributed by atoms with Gasteiger partial charge in [-0.2, -0.15) is 0 Å². The second kappa shape index (κ2) is 16.9. The Morgan fingerprint density at radius 3 is 2.69 bits per heavy atom. The second-order valence-electron chi connectivity index (χ2n) is 15.9. The number of aliphatic hydroxyl groups excluding tert-OH is 2. The summed E-state index contributed by atoms with van der Waals surface area (Å²) in [5.41, 5.74) is 8.83. The molecular weight excluding hydrogens is 642 g/mol. The molecule has 1 aromatic heterocycles. The van der Waals surface area contributed by atoms with E-state index in [1.54, 1.807) is 18.3 Å². The number of nitrogens with one attached hydrogen (secondary N) is 1. The molecule has 6 rings (SSSR count). The van der Waals surface area contributed by atoms with Crippen molar-refractivity contribution >= 4 is 17.4 Å². The lowest BCUT2D eigenvalue weighted by molar-refractivity contribution is -0.124. The number of nitrogens with two attached hydrogens (primary N) is 1. The molecule has 3 aliphatic carbocycles. The molecule has 3 fully saturated rings. The number of pyridine rings is 1. The standard InChI is InChI=1S/C42H57N3O6/c1-51-40-23-29-10-15-38(49)34(14-9-28(35(29)25-39(40)50)7-12-32(46)11-6-27-16-20-44-41(43)21-27)37(48)5-4-19-42(17-2-3-18-42)31-22-30-8-13-33(47)24-36(30)45-26-31/h16,20-21,23,25,28,30-32,34,36-37,45-46,48,50H,2-8,10-13,15,17-19,22,24,26H2,1H3,(H2,43,44)/t28-,30-,31+,32-,34-,36-,37-/m1/s1. The van der Waals surface area contributed by atoms with Crippen LogP contribution in [-0.4, -0.2) is 63.8 Å². The number of benzene rings is 1. The number of Topliss-reactive ketones (excluding diaryl/α,β-unsaturated/α-hetero) is 2. The molecule has 1 saturated heterocycles. The van der Waals surface area contributed by atoms with Gasteiger partial charge in [-0.25, -0.2) is 4.98 Å². The number of carbonyl (C=O) groups excluding carboxylic acids is 2. The number of aryl methyl sites for hydroxylation is 2. The Morgan fingerprint density at radius 1 is 1.08 bits per heavy atom. The van der Waals surface area contributed by atoms with Crippen LogP contribution in [0, 0.1) is 35.0 Å². The molecular formula is C42H57N3O6. The smallest absolute Gasteiger partial charge is 0.160 e. The summed E-state index contributed by atoms with van der Waals surface area (Å²) in [6.45, 7) is 0.971. The number of nitrogens with zero attached hydrogens (tertiary/aromatic N) is 1. The minimum absolute atomic E-state index is 0.0162. The monoisotopic (exact) mass is 699 g/mol. The van der Waals surface area contributed by atoms with Crippen LogP contribution in [0.1, 0.15) is 119 Å². The van der Waals surface area contributed by atoms with E-state index in [1.807, 2.05) is 12.1 Å². The molecule has 1 aromatic carbocycles. The van der Waals surface area contributed by atoms with Crippen LogP contribution in [0.15, 0.2) is 30.5 Å². The maximum atomic E-state index is 13.7. The second-order valence-corrected chi connectivity index (χ2v) is 15.9. The number of hydrogen-bond donors (Lipinski definition) is 5. The first-order valence-electron chi connectivity index (χ1n) is 19.4. The number of rotatable bonds is 13. The van der Waals surface area contributed by atoms with Gasteiger partial charge in [0.05, 0.1) is 19.3 Å². The van der Waals surface area contributed by atoms with E-state index in [9.17, 15) is 24.9 Å². The largest absolute Gasteiger partial charge is 0.504 e. The van der Waals surface area contributed by atoms with E-state index in [1.165, 1.54) is 39.2 Å². The van der Waals surface area contributed by atoms with Crippen molar-refractivity contribution in [1.82, 2.24) is 10.3 Å². The van der Waals surface area contributed by atoms with E-state index in [-0.39, 0.29) is 29.3 Å². The van der Waals surface area contributed by atoms with Gasteiger partial charge in [-0.3, -0.25) is 9.59 Å². The molecule has 7 atom stereocenters. The normalized spacial score (nSPS) is 27.2. The molecule has 6 N–H and O–H groups in total. The van der Waals surface area contributed by atoms with Gasteiger partial charge in [0.25, 0.3) is 0 Å². The number of aromatic nitrogens is 1. The van der Waals surface area contributed by atoms with Gasteiger partial charge >= 0.3 is 0 Å². The average molecular weight is 700 g/mol. The Bertz CT molecular complexity index is 1590. The van der Waals surface area contributed by atoms with Crippen LogP contribution < -0.4 is 15.8 Å². The van der Waals surface area contributed by atoms with Crippen molar-refractivity contribution in [2.24, 2.45) is 23.2 Å². The molecule has 0 radical (unpaired) electrons. The van der Waals surface area contributed by atoms with Crippen molar-refractivity contribution in [2.75, 3.05) is 19.4 Å². The van der Waals surface area contributed by atoms with Crippen molar-refractivity contribution in [1.29, 1.82) is 0 Å². The molecule has 2 heterocycles. The number of aliphatic hydroxyl groups is 2. The number of carbonyl (C=O) groups is 2. The van der Waals surface area contributed by atoms with Gasteiger partial charge in [-0.15, -0.1) is 0 Å². The fourth-order valence-electron chi connectivity index (χ4n) is 9.68. The molecule has 0 bridgehead atoms. The number of piperidine rings is 1. The van der Waals surface area contributed by atoms with Gasteiger partial charge in [-0.05, 0) is 135 Å². The highest BCUT2D eigenvalue weighted by Gasteiger charge is 2.45. The van der Waals surface area contributed by atoms with Gasteiger partial charge in [0.2, 0.25) is 0 Å². The lowest BCUT2D eigenvalue weighted by atomic mass is 9.63. The Labute approximate surface area is 303 Å². The molecule has 0 amide bonds. The number of hydrogen-bond acceptors (Lipinski definition) is 9. The fourth-order valence-corrected chi connectivity index (χ4v) is 9.68. The number of phenolic OH excluding ortho intramolecular Hbond substituents is 1. The maximum Gasteiger partial charge on any atom is 0.160 e. The van der Waals surface area contributed by atoms with Crippen LogP contribution in [0.5, 0.6) is 11.5 Å². The number of phenols is 1. The maximum absolute atomic E-state index is 13.7. The summed E-state index contributed by atoms with van der Waals surface area (Å²) in [7, 11) is 1.51. The molecule has 0 unspecified atom stereocenters. The number of ketones is 2. The molecule has 0 spiro atoms. The summed E-state index contributed by atoms with van der Waals surface area (Å²) in [5, 5.41) is 37.0. The van der Waals surface area contributed by atoms with Crippen molar-refractivity contribution in [2.45, 2.75) is 133 Å². The summed E-state index contributed by atoms with van der Waals surface area (Å²) in [6.07, 6.45) is 14.1. The zero-order valence-electron chi connectivity index (χ0n) is 30.2. The lowest BCUT2D eigenvalue weighted by Gasteiger charge is -2.47. The van der Waals surface area contributed by atoms with E-state index in [2.05, 4.69) is 22.1 Å². The fraction of sp³-hybridized carbons (Fsp3) is 0.643. The topological polar surface area (TPSA) is 155 Å². The minimum Gasteiger partial charge on any atom is -0.504 e. The third kappa shape index (κ3) is 9.14. The van der Waals surface area contributed by atoms with Crippen molar-refractivity contribution in [3.8, 4) is 23.3 Å². The first kappa shape index (κ1) is 37.3. The highest BCUT2D eigenvalue weighted by Crippen LogP contribution is 2.52. The number of aromatic hydroxyl groups is 1. The van der Waals surface area contributed by atoms with E-state index in [4.69, 9.17) is 10.5 Å². The molecule has 2 saturated carbocycles. The van der Waals surface area contributed by atoms with Crippen LogP contribution >= 0.6 is 0 Å². The quantitative estimate of drug-likeness (QED) is 0.163. The average Bonchev–Trinajstić information content (AvgIpc) is 3.62. The van der Waals surface area contributed by atoms with Gasteiger partial charge in [0.15, 0.2) is 17.3 Å². The third-order valence-corrected chi connectivity index (χ3v) is 12.7. The third-order valence-electron chi connectivity index (χ3n) is 12.7. The molecule has 4 aliphatic rings. The Balaban J connectivity index is 1.12. The van der Waals surface area contributed by atoms with Crippen LogP contribution in [-0.2, 0) is 22.4 Å². The van der Waals surface area contributed by atoms with Crippen LogP contribution in [0.25, 0.3) is 0 Å². The first-order chi connectivity index (χ1) is 24.6. The molecule has 276 valence electrons. The number of anilines is 1. The number of nitrogen functional groups attached to an aromatic ring is 1. The number of fused-ring (bicyclic) bond motifs is 2. The van der Waals surface area contributed by atoms with E-state index < -0.39 is 18.1 Å². The summed E-state index contributed by atoms with van der Waals surface area (Å²) in [4.78, 5) is 29.8. The van der Waals surface area contributed by atoms with Crippen LogP contribution in [0.2, 0.25) is 0 Å². The van der Waals surface area contributed by atoms with E-state index in [0.717, 1.165) is 42.5 Å². The zero-order valence-corrected chi connectivity index (χ0v) is 30.2. The summed E-state index contributed by atoms with van der Waals surface area (Å²) in [5.74, 6) is 7.78. The van der Waals surface area contributed by atoms with E-state index >= 15 is 0 Å². The predicted molar refractivity (Wildman–Crippen MR) is 197 cm³/mol. The molecule has 9 nitrogen and oxygen atoms in total. The highest BCUT2D eigenvalue weighted by atomic mass is 16.5. The SMILES string of the molecule is COc1cc2c(cc1O)[C@H](CC[C@H](O)CCc1ccnc(N)c1)C#C[C@H]([C@H](O)CCCC1([C@@H]3CN[C@@H]4CC(=O)CC[C@@H]4C3)CCCC1)C(=O)CC2. The highest BCUT2D eigenvalue weighted by molar-refractivity contribution is 5.85. The van der Waals surface area contributed by atoms with Gasteiger partial charge in [-0.1, -0.05) is 31.1 Å². The Hall–Kier alpha value is -3.45. The molecule has 9 heteroatoms. The van der Waals surface area contributed by atoms with Gasteiger partial charge < -0.3 is 31.1 Å². The number of ether oxygens (including phenoxy) is 1. The lowest BCUT2D eigenvalue weighted by Crippen LogP contribution is -2.52. The summed E-state index contributed by atoms with van der Waals surface area (Å²) < 4.78 is 5.40. The van der Waals surface area contributed by atoms with Crippen molar-refractivity contribution < 1.29 is 29.6 Å². The van der Waals surface area contributed by atoms with Crippen LogP contribution in [0.4, 0.5) is 5.82 Å².